The molecule has 0 bridgehead atoms. The van der Waals surface area contributed by atoms with E-state index >= 15 is 0 Å². The van der Waals surface area contributed by atoms with Crippen LogP contribution in [-0.4, -0.2) is 15.4 Å². The molecule has 0 aliphatic heterocycles. The zero-order chi connectivity index (χ0) is 13.6. The van der Waals surface area contributed by atoms with Crippen LogP contribution in [0.15, 0.2) is 12.3 Å². The number of hydrogen-bond donors (Lipinski definition) is 1. The molecule has 0 saturated heterocycles. The van der Waals surface area contributed by atoms with Crippen molar-refractivity contribution in [1.82, 2.24) is 4.98 Å². The molecular weight excluding hydrogens is 251 g/mol. The lowest BCUT2D eigenvalue weighted by atomic mass is 10.2. The quantitative estimate of drug-likeness (QED) is 0.670. The molecule has 0 atom stereocenters. The smallest absolute Gasteiger partial charge is 0.374 e. The fraction of sp³-hybridized carbons (Fsp3) is 0.500. The number of rotatable bonds is 3. The summed E-state index contributed by atoms with van der Waals surface area (Å²) < 4.78 is 37.5. The number of nitro groups is 1. The minimum absolute atomic E-state index is 0.137. The van der Waals surface area contributed by atoms with E-state index in [4.69, 9.17) is 0 Å². The van der Waals surface area contributed by atoms with Crippen molar-refractivity contribution in [3.05, 3.63) is 28.1 Å². The van der Waals surface area contributed by atoms with Gasteiger partial charge in [0, 0.05) is 5.54 Å². The minimum atomic E-state index is -4.62. The molecule has 8 heteroatoms. The highest BCUT2D eigenvalue weighted by molar-refractivity contribution is 5.63. The molecule has 18 heavy (non-hydrogen) atoms. The normalized spacial score (nSPS) is 17.3. The molecule has 1 fully saturated rings. The number of nitrogens with zero attached hydrogens (tertiary/aromatic N) is 2. The Bertz CT molecular complexity index is 498. The van der Waals surface area contributed by atoms with Crippen LogP contribution in [0.5, 0.6) is 0 Å². The summed E-state index contributed by atoms with van der Waals surface area (Å²) in [5, 5.41) is 13.5. The predicted molar refractivity (Wildman–Crippen MR) is 57.2 cm³/mol. The molecule has 1 N–H and O–H groups in total. The topological polar surface area (TPSA) is 68.1 Å². The lowest BCUT2D eigenvalue weighted by Gasteiger charge is -2.14. The number of pyridine rings is 1. The molecule has 1 saturated carbocycles. The van der Waals surface area contributed by atoms with E-state index < -0.39 is 22.5 Å². The van der Waals surface area contributed by atoms with Gasteiger partial charge in [-0.1, -0.05) is 0 Å². The molecule has 1 heterocycles. The van der Waals surface area contributed by atoms with Crippen LogP contribution in [0.1, 0.15) is 25.5 Å². The molecule has 1 aliphatic carbocycles. The van der Waals surface area contributed by atoms with Gasteiger partial charge in [0.05, 0.1) is 4.92 Å². The summed E-state index contributed by atoms with van der Waals surface area (Å²) in [5.74, 6) is 0. The van der Waals surface area contributed by atoms with Crippen LogP contribution >= 0.6 is 0 Å². The lowest BCUT2D eigenvalue weighted by molar-refractivity contribution is -0.384. The predicted octanol–water partition coefficient (Wildman–Crippen LogP) is 2.97. The summed E-state index contributed by atoms with van der Waals surface area (Å²) in [6.45, 7) is 1.80. The molecule has 0 amide bonds. The van der Waals surface area contributed by atoms with Crippen LogP contribution < -0.4 is 5.32 Å². The Morgan fingerprint density at radius 3 is 2.56 bits per heavy atom. The second-order valence-electron chi connectivity index (χ2n) is 4.53. The van der Waals surface area contributed by atoms with Crippen LogP contribution in [0, 0.1) is 10.1 Å². The average Bonchev–Trinajstić information content (AvgIpc) is 2.94. The van der Waals surface area contributed by atoms with E-state index in [1.807, 2.05) is 0 Å². The fourth-order valence-electron chi connectivity index (χ4n) is 1.49. The van der Waals surface area contributed by atoms with E-state index in [-0.39, 0.29) is 11.2 Å². The molecule has 2 rings (SSSR count). The molecule has 1 aliphatic rings. The van der Waals surface area contributed by atoms with E-state index in [9.17, 15) is 23.3 Å². The Labute approximate surface area is 100 Å². The molecule has 0 radical (unpaired) electrons. The molecule has 0 unspecified atom stereocenters. The first-order valence-electron chi connectivity index (χ1n) is 5.21. The van der Waals surface area contributed by atoms with Gasteiger partial charge in [0.1, 0.15) is 17.6 Å². The van der Waals surface area contributed by atoms with Crippen molar-refractivity contribution in [2.45, 2.75) is 31.5 Å². The van der Waals surface area contributed by atoms with Crippen LogP contribution in [0.3, 0.4) is 0 Å². The van der Waals surface area contributed by atoms with Crippen molar-refractivity contribution in [2.24, 2.45) is 0 Å². The third kappa shape index (κ3) is 2.52. The summed E-state index contributed by atoms with van der Waals surface area (Å²) >= 11 is 0. The van der Waals surface area contributed by atoms with Gasteiger partial charge in [-0.05, 0) is 25.8 Å². The largest absolute Gasteiger partial charge is 0.433 e. The number of halogens is 3. The maximum atomic E-state index is 12.5. The first kappa shape index (κ1) is 12.6. The van der Waals surface area contributed by atoms with E-state index in [2.05, 4.69) is 10.3 Å². The van der Waals surface area contributed by atoms with E-state index in [0.717, 1.165) is 12.8 Å². The van der Waals surface area contributed by atoms with Crippen LogP contribution in [0.4, 0.5) is 24.5 Å². The second kappa shape index (κ2) is 3.82. The summed E-state index contributed by atoms with van der Waals surface area (Å²) in [7, 11) is 0. The summed E-state index contributed by atoms with van der Waals surface area (Å²) in [6, 6.07) is 0.682. The number of aromatic nitrogens is 1. The van der Waals surface area contributed by atoms with Crippen molar-refractivity contribution in [3.8, 4) is 0 Å². The Hall–Kier alpha value is -1.86. The van der Waals surface area contributed by atoms with Crippen LogP contribution in [-0.2, 0) is 6.18 Å². The first-order chi connectivity index (χ1) is 8.21. The first-order valence-corrected chi connectivity index (χ1v) is 5.21. The monoisotopic (exact) mass is 261 g/mol. The number of anilines is 1. The van der Waals surface area contributed by atoms with Crippen LogP contribution in [0.25, 0.3) is 0 Å². The molecule has 5 nitrogen and oxygen atoms in total. The van der Waals surface area contributed by atoms with Crippen molar-refractivity contribution in [3.63, 3.8) is 0 Å². The molecule has 1 aromatic rings. The van der Waals surface area contributed by atoms with Crippen molar-refractivity contribution in [2.75, 3.05) is 5.32 Å². The van der Waals surface area contributed by atoms with Crippen molar-refractivity contribution >= 4 is 11.4 Å². The average molecular weight is 261 g/mol. The van der Waals surface area contributed by atoms with Gasteiger partial charge in [-0.15, -0.1) is 0 Å². The van der Waals surface area contributed by atoms with Gasteiger partial charge in [-0.25, -0.2) is 4.98 Å². The third-order valence-corrected chi connectivity index (χ3v) is 2.81. The van der Waals surface area contributed by atoms with Crippen LogP contribution in [0.2, 0.25) is 0 Å². The van der Waals surface area contributed by atoms with Crippen molar-refractivity contribution in [1.29, 1.82) is 0 Å². The van der Waals surface area contributed by atoms with Crippen molar-refractivity contribution < 1.29 is 18.1 Å². The highest BCUT2D eigenvalue weighted by Crippen LogP contribution is 2.41. The summed E-state index contributed by atoms with van der Waals surface area (Å²) in [5.41, 5.74) is -2.08. The van der Waals surface area contributed by atoms with E-state index in [0.29, 0.717) is 12.3 Å². The molecule has 98 valence electrons. The van der Waals surface area contributed by atoms with Gasteiger partial charge in [0.15, 0.2) is 0 Å². The minimum Gasteiger partial charge on any atom is -0.374 e. The molecule has 1 aromatic heterocycles. The number of nitrogens with one attached hydrogen (secondary N) is 1. The van der Waals surface area contributed by atoms with Gasteiger partial charge in [-0.2, -0.15) is 13.2 Å². The lowest BCUT2D eigenvalue weighted by Crippen LogP contribution is -2.18. The third-order valence-electron chi connectivity index (χ3n) is 2.81. The molecular formula is C10H10F3N3O2. The van der Waals surface area contributed by atoms with Gasteiger partial charge < -0.3 is 5.32 Å². The Morgan fingerprint density at radius 2 is 2.11 bits per heavy atom. The van der Waals surface area contributed by atoms with Gasteiger partial charge in [0.2, 0.25) is 0 Å². The van der Waals surface area contributed by atoms with Gasteiger partial charge in [0.25, 0.3) is 0 Å². The highest BCUT2D eigenvalue weighted by atomic mass is 19.4. The zero-order valence-corrected chi connectivity index (χ0v) is 9.41. The fourth-order valence-corrected chi connectivity index (χ4v) is 1.49. The number of hydrogen-bond acceptors (Lipinski definition) is 4. The summed E-state index contributed by atoms with van der Waals surface area (Å²) in [6.07, 6.45) is -2.44. The standard InChI is InChI=1S/C10H10F3N3O2/c1-9(2-3-9)15-6-4-8(10(11,12)13)14-5-7(6)16(17)18/h4-5H,2-3H2,1H3,(H,14,15). The maximum Gasteiger partial charge on any atom is 0.433 e. The Balaban J connectivity index is 2.41. The van der Waals surface area contributed by atoms with Gasteiger partial charge in [-0.3, -0.25) is 10.1 Å². The summed E-state index contributed by atoms with van der Waals surface area (Å²) in [4.78, 5) is 13.1. The maximum absolute atomic E-state index is 12.5. The highest BCUT2D eigenvalue weighted by Gasteiger charge is 2.40. The Morgan fingerprint density at radius 1 is 1.50 bits per heavy atom. The zero-order valence-electron chi connectivity index (χ0n) is 9.41. The molecule has 0 spiro atoms. The molecule has 0 aromatic carbocycles. The Kier molecular flexibility index (Phi) is 2.67. The van der Waals surface area contributed by atoms with Gasteiger partial charge >= 0.3 is 11.9 Å². The van der Waals surface area contributed by atoms with E-state index in [1.54, 1.807) is 6.92 Å². The second-order valence-corrected chi connectivity index (χ2v) is 4.53. The SMILES string of the molecule is CC1(Nc2cc(C(F)(F)F)ncc2[N+](=O)[O-])CC1. The number of alkyl halides is 3. The van der Waals surface area contributed by atoms with E-state index in [1.165, 1.54) is 0 Å².